The molecule has 0 aliphatic carbocycles. The van der Waals surface area contributed by atoms with E-state index in [1.807, 2.05) is 6.07 Å². The Morgan fingerprint density at radius 1 is 1.41 bits per heavy atom. The van der Waals surface area contributed by atoms with Gasteiger partial charge in [-0.3, -0.25) is 0 Å². The van der Waals surface area contributed by atoms with Gasteiger partial charge in [0.25, 0.3) is 0 Å². The molecule has 0 atom stereocenters. The molecule has 0 saturated heterocycles. The van der Waals surface area contributed by atoms with Gasteiger partial charge in [0.1, 0.15) is 0 Å². The van der Waals surface area contributed by atoms with E-state index < -0.39 is 0 Å². The van der Waals surface area contributed by atoms with Crippen molar-refractivity contribution in [3.05, 3.63) is 29.5 Å². The van der Waals surface area contributed by atoms with Crippen molar-refractivity contribution < 1.29 is 4.74 Å². The molecule has 2 heterocycles. The van der Waals surface area contributed by atoms with E-state index in [-0.39, 0.29) is 0 Å². The predicted octanol–water partition coefficient (Wildman–Crippen LogP) is 2.61. The van der Waals surface area contributed by atoms with E-state index in [0.717, 1.165) is 35.3 Å². The lowest BCUT2D eigenvalue weighted by atomic mass is 10.0. The summed E-state index contributed by atoms with van der Waals surface area (Å²) >= 11 is 1.72. The summed E-state index contributed by atoms with van der Waals surface area (Å²) in [6, 6.07) is 6.24. The van der Waals surface area contributed by atoms with E-state index in [0.29, 0.717) is 6.61 Å². The van der Waals surface area contributed by atoms with Crippen LogP contribution in [-0.4, -0.2) is 17.8 Å². The standard InChI is InChI=1S/C13H14N2OS/c1-17-8-2-3-11-10(6-8)13(14)9-4-5-16-7-12(9)15-11/h2-3,6H,4-5,7H2,1H3,(H2,14,15). The van der Waals surface area contributed by atoms with Gasteiger partial charge in [-0.25, -0.2) is 4.98 Å². The van der Waals surface area contributed by atoms with Crippen molar-refractivity contribution in [1.82, 2.24) is 4.98 Å². The molecule has 2 aromatic rings. The van der Waals surface area contributed by atoms with Crippen LogP contribution in [0.2, 0.25) is 0 Å². The van der Waals surface area contributed by atoms with Gasteiger partial charge in [0.05, 0.1) is 24.4 Å². The Bertz CT molecular complexity index is 583. The molecular formula is C13H14N2OS. The lowest BCUT2D eigenvalue weighted by molar-refractivity contribution is 0.108. The Kier molecular flexibility index (Phi) is 2.68. The van der Waals surface area contributed by atoms with E-state index in [2.05, 4.69) is 23.4 Å². The summed E-state index contributed by atoms with van der Waals surface area (Å²) in [5.74, 6) is 0. The minimum absolute atomic E-state index is 0.583. The zero-order chi connectivity index (χ0) is 11.8. The highest BCUT2D eigenvalue weighted by Crippen LogP contribution is 2.31. The second-order valence-electron chi connectivity index (χ2n) is 4.14. The Morgan fingerprint density at radius 3 is 3.12 bits per heavy atom. The van der Waals surface area contributed by atoms with E-state index in [4.69, 9.17) is 10.5 Å². The van der Waals surface area contributed by atoms with Gasteiger partial charge in [0.2, 0.25) is 0 Å². The van der Waals surface area contributed by atoms with Gasteiger partial charge in [-0.05, 0) is 30.9 Å². The van der Waals surface area contributed by atoms with Crippen LogP contribution in [0.5, 0.6) is 0 Å². The van der Waals surface area contributed by atoms with Crippen molar-refractivity contribution in [3.63, 3.8) is 0 Å². The summed E-state index contributed by atoms with van der Waals surface area (Å²) in [6.07, 6.45) is 2.94. The molecule has 1 aromatic carbocycles. The molecule has 0 unspecified atom stereocenters. The normalized spacial score (nSPS) is 14.9. The van der Waals surface area contributed by atoms with Crippen LogP contribution in [0.1, 0.15) is 11.3 Å². The zero-order valence-electron chi connectivity index (χ0n) is 9.69. The highest BCUT2D eigenvalue weighted by Gasteiger charge is 2.16. The predicted molar refractivity (Wildman–Crippen MR) is 71.3 cm³/mol. The van der Waals surface area contributed by atoms with Gasteiger partial charge >= 0.3 is 0 Å². The van der Waals surface area contributed by atoms with Gasteiger partial charge in [0.15, 0.2) is 0 Å². The van der Waals surface area contributed by atoms with Crippen LogP contribution in [0.4, 0.5) is 5.69 Å². The van der Waals surface area contributed by atoms with Crippen molar-refractivity contribution in [2.75, 3.05) is 18.6 Å². The van der Waals surface area contributed by atoms with Gasteiger partial charge in [-0.15, -0.1) is 11.8 Å². The van der Waals surface area contributed by atoms with Gasteiger partial charge in [-0.1, -0.05) is 0 Å². The SMILES string of the molecule is CSc1ccc2nc3c(c(N)c2c1)CCOC3. The third-order valence-electron chi connectivity index (χ3n) is 3.16. The highest BCUT2D eigenvalue weighted by molar-refractivity contribution is 7.98. The second kappa shape index (κ2) is 4.20. The number of fused-ring (bicyclic) bond motifs is 2. The summed E-state index contributed by atoms with van der Waals surface area (Å²) in [5.41, 5.74) is 10.3. The molecule has 1 aromatic heterocycles. The first kappa shape index (κ1) is 10.9. The quantitative estimate of drug-likeness (QED) is 0.786. The highest BCUT2D eigenvalue weighted by atomic mass is 32.2. The summed E-state index contributed by atoms with van der Waals surface area (Å²) in [5, 5.41) is 1.07. The molecule has 2 N–H and O–H groups in total. The maximum atomic E-state index is 6.26. The average Bonchev–Trinajstić information content (AvgIpc) is 2.39. The molecule has 0 saturated carbocycles. The summed E-state index contributed by atoms with van der Waals surface area (Å²) in [6.45, 7) is 1.33. The van der Waals surface area contributed by atoms with Gasteiger partial charge < -0.3 is 10.5 Å². The molecule has 4 heteroatoms. The average molecular weight is 246 g/mol. The first-order valence-corrected chi connectivity index (χ1v) is 6.85. The number of nitrogen functional groups attached to an aromatic ring is 1. The van der Waals surface area contributed by atoms with Crippen molar-refractivity contribution in [3.8, 4) is 0 Å². The molecule has 0 amide bonds. The van der Waals surface area contributed by atoms with Crippen molar-refractivity contribution in [1.29, 1.82) is 0 Å². The summed E-state index contributed by atoms with van der Waals surface area (Å²) < 4.78 is 5.42. The molecule has 3 rings (SSSR count). The van der Waals surface area contributed by atoms with E-state index in [9.17, 15) is 0 Å². The number of hydrogen-bond acceptors (Lipinski definition) is 4. The molecule has 88 valence electrons. The van der Waals surface area contributed by atoms with Gasteiger partial charge in [0, 0.05) is 21.5 Å². The van der Waals surface area contributed by atoms with Crippen LogP contribution in [0, 0.1) is 0 Å². The number of aromatic nitrogens is 1. The first-order chi connectivity index (χ1) is 8.29. The van der Waals surface area contributed by atoms with Crippen molar-refractivity contribution >= 4 is 28.4 Å². The van der Waals surface area contributed by atoms with Crippen LogP contribution >= 0.6 is 11.8 Å². The number of nitrogens with zero attached hydrogens (tertiary/aromatic N) is 1. The lowest BCUT2D eigenvalue weighted by Crippen LogP contribution is -2.14. The molecule has 1 aliphatic rings. The largest absolute Gasteiger partial charge is 0.398 e. The number of hydrogen-bond donors (Lipinski definition) is 1. The molecule has 0 radical (unpaired) electrons. The first-order valence-electron chi connectivity index (χ1n) is 5.62. The summed E-state index contributed by atoms with van der Waals surface area (Å²) in [4.78, 5) is 5.86. The maximum absolute atomic E-state index is 6.26. The number of nitrogens with two attached hydrogens (primary N) is 1. The number of ether oxygens (including phenoxy) is 1. The Morgan fingerprint density at radius 2 is 2.29 bits per heavy atom. The Hall–Kier alpha value is -1.26. The maximum Gasteiger partial charge on any atom is 0.0891 e. The fourth-order valence-electron chi connectivity index (χ4n) is 2.23. The third-order valence-corrected chi connectivity index (χ3v) is 3.88. The van der Waals surface area contributed by atoms with Crippen molar-refractivity contribution in [2.24, 2.45) is 0 Å². The molecule has 1 aliphatic heterocycles. The Balaban J connectivity index is 2.28. The number of pyridine rings is 1. The summed E-state index contributed by atoms with van der Waals surface area (Å²) in [7, 11) is 0. The van der Waals surface area contributed by atoms with E-state index in [1.54, 1.807) is 11.8 Å². The smallest absolute Gasteiger partial charge is 0.0891 e. The fraction of sp³-hybridized carbons (Fsp3) is 0.308. The van der Waals surface area contributed by atoms with Crippen LogP contribution in [0.25, 0.3) is 10.9 Å². The molecular weight excluding hydrogens is 232 g/mol. The van der Waals surface area contributed by atoms with E-state index in [1.165, 1.54) is 10.5 Å². The number of benzene rings is 1. The Labute approximate surface area is 104 Å². The van der Waals surface area contributed by atoms with E-state index >= 15 is 0 Å². The topological polar surface area (TPSA) is 48.1 Å². The fourth-order valence-corrected chi connectivity index (χ4v) is 2.67. The molecule has 3 nitrogen and oxygen atoms in total. The van der Waals surface area contributed by atoms with Crippen LogP contribution in [0.15, 0.2) is 23.1 Å². The third kappa shape index (κ3) is 1.77. The minimum Gasteiger partial charge on any atom is -0.398 e. The second-order valence-corrected chi connectivity index (χ2v) is 5.02. The monoisotopic (exact) mass is 246 g/mol. The van der Waals surface area contributed by atoms with Gasteiger partial charge in [-0.2, -0.15) is 0 Å². The molecule has 17 heavy (non-hydrogen) atoms. The lowest BCUT2D eigenvalue weighted by Gasteiger charge is -2.19. The number of anilines is 1. The van der Waals surface area contributed by atoms with Crippen LogP contribution in [0.3, 0.4) is 0 Å². The minimum atomic E-state index is 0.583. The van der Waals surface area contributed by atoms with Crippen LogP contribution < -0.4 is 5.73 Å². The number of thioether (sulfide) groups is 1. The number of rotatable bonds is 1. The molecule has 0 bridgehead atoms. The zero-order valence-corrected chi connectivity index (χ0v) is 10.5. The van der Waals surface area contributed by atoms with Crippen molar-refractivity contribution in [2.45, 2.75) is 17.9 Å². The molecule has 0 fully saturated rings. The van der Waals surface area contributed by atoms with Crippen LogP contribution in [-0.2, 0) is 17.8 Å². The molecule has 0 spiro atoms.